The van der Waals surface area contributed by atoms with Crippen LogP contribution in [0.4, 0.5) is 0 Å². The van der Waals surface area contributed by atoms with E-state index >= 15 is 0 Å². The molecule has 1 fully saturated rings. The first-order valence-corrected chi connectivity index (χ1v) is 6.00. The van der Waals surface area contributed by atoms with Crippen LogP contribution in [0.1, 0.15) is 19.3 Å². The summed E-state index contributed by atoms with van der Waals surface area (Å²) in [5.41, 5.74) is 5.15. The maximum absolute atomic E-state index is 11.4. The molecular formula is C11H21N3O3. The topological polar surface area (TPSA) is 95.7 Å². The highest BCUT2D eigenvalue weighted by atomic mass is 16.3. The highest BCUT2D eigenvalue weighted by Crippen LogP contribution is 2.19. The first-order valence-electron chi connectivity index (χ1n) is 6.00. The summed E-state index contributed by atoms with van der Waals surface area (Å²) in [5, 5.41) is 11.2. The fourth-order valence-electron chi connectivity index (χ4n) is 2.09. The smallest absolute Gasteiger partial charge is 0.234 e. The van der Waals surface area contributed by atoms with E-state index in [9.17, 15) is 9.59 Å². The molecule has 6 nitrogen and oxygen atoms in total. The van der Waals surface area contributed by atoms with Crippen LogP contribution in [-0.2, 0) is 9.59 Å². The minimum atomic E-state index is -0.246. The van der Waals surface area contributed by atoms with Crippen LogP contribution in [0.5, 0.6) is 0 Å². The Balaban J connectivity index is 2.18. The van der Waals surface area contributed by atoms with Crippen molar-refractivity contribution in [1.29, 1.82) is 0 Å². The molecule has 1 saturated heterocycles. The lowest BCUT2D eigenvalue weighted by Crippen LogP contribution is -2.42. The van der Waals surface area contributed by atoms with Crippen molar-refractivity contribution in [3.8, 4) is 0 Å². The summed E-state index contributed by atoms with van der Waals surface area (Å²) in [6, 6.07) is 0. The Kier molecular flexibility index (Phi) is 5.93. The van der Waals surface area contributed by atoms with E-state index in [0.717, 1.165) is 25.9 Å². The van der Waals surface area contributed by atoms with E-state index in [-0.39, 0.29) is 18.4 Å². The van der Waals surface area contributed by atoms with Gasteiger partial charge in [0.05, 0.1) is 13.2 Å². The minimum absolute atomic E-state index is 0.0353. The third-order valence-electron chi connectivity index (χ3n) is 3.00. The number of aliphatic hydroxyl groups excluding tert-OH is 1. The lowest BCUT2D eigenvalue weighted by atomic mass is 9.93. The van der Waals surface area contributed by atoms with Crippen molar-refractivity contribution in [2.75, 3.05) is 32.8 Å². The molecule has 0 atom stereocenters. The van der Waals surface area contributed by atoms with E-state index < -0.39 is 0 Å². The zero-order valence-corrected chi connectivity index (χ0v) is 10.0. The van der Waals surface area contributed by atoms with Crippen LogP contribution in [-0.4, -0.2) is 54.6 Å². The molecule has 0 aromatic rings. The summed E-state index contributed by atoms with van der Waals surface area (Å²) in [7, 11) is 0. The molecule has 0 saturated carbocycles. The van der Waals surface area contributed by atoms with Crippen LogP contribution in [0.3, 0.4) is 0 Å². The second kappa shape index (κ2) is 7.24. The Morgan fingerprint density at radius 3 is 2.53 bits per heavy atom. The summed E-state index contributed by atoms with van der Waals surface area (Å²) >= 11 is 0. The zero-order valence-electron chi connectivity index (χ0n) is 10.0. The van der Waals surface area contributed by atoms with Gasteiger partial charge in [0.2, 0.25) is 11.8 Å². The summed E-state index contributed by atoms with van der Waals surface area (Å²) in [6.07, 6.45) is 2.27. The van der Waals surface area contributed by atoms with Gasteiger partial charge >= 0.3 is 0 Å². The van der Waals surface area contributed by atoms with Crippen LogP contribution in [0.2, 0.25) is 0 Å². The SMILES string of the molecule is NC(=O)CC1CCN(CC(=O)NCCO)CC1. The predicted octanol–water partition coefficient (Wildman–Crippen LogP) is -1.32. The lowest BCUT2D eigenvalue weighted by Gasteiger charge is -2.30. The Morgan fingerprint density at radius 1 is 1.35 bits per heavy atom. The van der Waals surface area contributed by atoms with Crippen LogP contribution in [0.15, 0.2) is 0 Å². The van der Waals surface area contributed by atoms with Crippen molar-refractivity contribution < 1.29 is 14.7 Å². The molecule has 1 heterocycles. The molecule has 4 N–H and O–H groups in total. The monoisotopic (exact) mass is 243 g/mol. The van der Waals surface area contributed by atoms with E-state index in [1.165, 1.54) is 0 Å². The molecule has 0 radical (unpaired) electrons. The lowest BCUT2D eigenvalue weighted by molar-refractivity contribution is -0.123. The minimum Gasteiger partial charge on any atom is -0.395 e. The fraction of sp³-hybridized carbons (Fsp3) is 0.818. The summed E-state index contributed by atoms with van der Waals surface area (Å²) in [5.74, 6) is 0.0563. The average Bonchev–Trinajstić information content (AvgIpc) is 2.28. The van der Waals surface area contributed by atoms with Gasteiger partial charge in [-0.25, -0.2) is 0 Å². The molecule has 1 aliphatic heterocycles. The van der Waals surface area contributed by atoms with Crippen molar-refractivity contribution in [2.45, 2.75) is 19.3 Å². The van der Waals surface area contributed by atoms with Gasteiger partial charge in [-0.15, -0.1) is 0 Å². The second-order valence-corrected chi connectivity index (χ2v) is 4.46. The van der Waals surface area contributed by atoms with Gasteiger partial charge in [-0.1, -0.05) is 0 Å². The van der Waals surface area contributed by atoms with Gasteiger partial charge in [0.25, 0.3) is 0 Å². The number of likely N-dealkylation sites (tertiary alicyclic amines) is 1. The van der Waals surface area contributed by atoms with Crippen molar-refractivity contribution in [2.24, 2.45) is 11.7 Å². The summed E-state index contributed by atoms with van der Waals surface area (Å²) < 4.78 is 0. The number of hydrogen-bond acceptors (Lipinski definition) is 4. The van der Waals surface area contributed by atoms with Gasteiger partial charge in [-0.3, -0.25) is 14.5 Å². The highest BCUT2D eigenvalue weighted by Gasteiger charge is 2.21. The third-order valence-corrected chi connectivity index (χ3v) is 3.00. The quantitative estimate of drug-likeness (QED) is 0.539. The number of nitrogens with zero attached hydrogens (tertiary/aromatic N) is 1. The maximum Gasteiger partial charge on any atom is 0.234 e. The molecule has 1 aliphatic rings. The number of carbonyl (C=O) groups excluding carboxylic acids is 2. The number of hydrogen-bond donors (Lipinski definition) is 3. The first kappa shape index (κ1) is 13.9. The second-order valence-electron chi connectivity index (χ2n) is 4.46. The summed E-state index contributed by atoms with van der Waals surface area (Å²) in [6.45, 7) is 2.28. The molecule has 0 aromatic heterocycles. The van der Waals surface area contributed by atoms with Crippen molar-refractivity contribution in [3.63, 3.8) is 0 Å². The number of amides is 2. The largest absolute Gasteiger partial charge is 0.395 e. The van der Waals surface area contributed by atoms with Crippen molar-refractivity contribution in [3.05, 3.63) is 0 Å². The summed E-state index contributed by atoms with van der Waals surface area (Å²) in [4.78, 5) is 24.2. The molecule has 0 aromatic carbocycles. The average molecular weight is 243 g/mol. The molecule has 0 aliphatic carbocycles. The number of carbonyl (C=O) groups is 2. The zero-order chi connectivity index (χ0) is 12.7. The molecule has 0 spiro atoms. The van der Waals surface area contributed by atoms with Gasteiger partial charge in [0.1, 0.15) is 0 Å². The fourth-order valence-corrected chi connectivity index (χ4v) is 2.09. The molecule has 17 heavy (non-hydrogen) atoms. The Morgan fingerprint density at radius 2 is 2.00 bits per heavy atom. The molecule has 6 heteroatoms. The number of nitrogens with two attached hydrogens (primary N) is 1. The van der Waals surface area contributed by atoms with Gasteiger partial charge in [-0.05, 0) is 31.8 Å². The molecule has 0 unspecified atom stereocenters. The van der Waals surface area contributed by atoms with E-state index in [2.05, 4.69) is 10.2 Å². The highest BCUT2D eigenvalue weighted by molar-refractivity contribution is 5.78. The van der Waals surface area contributed by atoms with Gasteiger partial charge < -0.3 is 16.2 Å². The van der Waals surface area contributed by atoms with E-state index in [4.69, 9.17) is 10.8 Å². The number of piperidine rings is 1. The Labute approximate surface area is 101 Å². The molecular weight excluding hydrogens is 222 g/mol. The van der Waals surface area contributed by atoms with Gasteiger partial charge in [-0.2, -0.15) is 0 Å². The number of primary amides is 1. The van der Waals surface area contributed by atoms with Gasteiger partial charge in [0.15, 0.2) is 0 Å². The van der Waals surface area contributed by atoms with E-state index in [1.54, 1.807) is 0 Å². The normalized spacial score (nSPS) is 17.9. The van der Waals surface area contributed by atoms with Crippen molar-refractivity contribution >= 4 is 11.8 Å². The van der Waals surface area contributed by atoms with E-state index in [1.807, 2.05) is 0 Å². The molecule has 2 amide bonds. The van der Waals surface area contributed by atoms with Crippen LogP contribution < -0.4 is 11.1 Å². The third kappa shape index (κ3) is 5.65. The van der Waals surface area contributed by atoms with Crippen LogP contribution in [0.25, 0.3) is 0 Å². The Hall–Kier alpha value is -1.14. The molecule has 0 bridgehead atoms. The first-order chi connectivity index (χ1) is 8.11. The van der Waals surface area contributed by atoms with Crippen LogP contribution >= 0.6 is 0 Å². The predicted molar refractivity (Wildman–Crippen MR) is 63.1 cm³/mol. The number of aliphatic hydroxyl groups is 1. The van der Waals surface area contributed by atoms with Crippen molar-refractivity contribution in [1.82, 2.24) is 10.2 Å². The van der Waals surface area contributed by atoms with E-state index in [0.29, 0.717) is 25.4 Å². The number of nitrogens with one attached hydrogen (secondary N) is 1. The van der Waals surface area contributed by atoms with Gasteiger partial charge in [0, 0.05) is 13.0 Å². The number of rotatable bonds is 6. The maximum atomic E-state index is 11.4. The standard InChI is InChI=1S/C11H21N3O3/c12-10(16)7-9-1-4-14(5-2-9)8-11(17)13-3-6-15/h9,15H,1-8H2,(H2,12,16)(H,13,17). The molecule has 98 valence electrons. The van der Waals surface area contributed by atoms with Crippen LogP contribution in [0, 0.1) is 5.92 Å². The Bertz CT molecular complexity index is 263. The molecule has 1 rings (SSSR count).